The minimum absolute atomic E-state index is 0.0136. The first kappa shape index (κ1) is 31.4. The molecule has 0 fully saturated rings. The lowest BCUT2D eigenvalue weighted by Gasteiger charge is -2.34. The van der Waals surface area contributed by atoms with Crippen LogP contribution in [0.2, 0.25) is 10.0 Å². The molecule has 0 spiro atoms. The Kier molecular flexibility index (Phi) is 11.0. The molecule has 7 nitrogen and oxygen atoms in total. The summed E-state index contributed by atoms with van der Waals surface area (Å²) in [5.74, 6) is -1.57. The molecule has 1 atom stereocenters. The standard InChI is InChI=1S/C29H32Cl2FN3O4S/c1-20(2)17-33-29(37)26(16-21-10-5-4-6-11-21)34(18-22-12-7-8-14-24(22)32)27(36)19-35(40(3,38)39)25-15-9-13-23(30)28(25)31/h4-15,20,26H,16-19H2,1-3H3,(H,33,37)/t26-/m1/s1. The Labute approximate surface area is 244 Å². The van der Waals surface area contributed by atoms with Crippen molar-refractivity contribution in [1.82, 2.24) is 10.2 Å². The van der Waals surface area contributed by atoms with Gasteiger partial charge in [0.15, 0.2) is 0 Å². The van der Waals surface area contributed by atoms with Gasteiger partial charge >= 0.3 is 0 Å². The smallest absolute Gasteiger partial charge is 0.244 e. The SMILES string of the molecule is CC(C)CNC(=O)[C@@H](Cc1ccccc1)N(Cc1ccccc1F)C(=O)CN(c1cccc(Cl)c1Cl)S(C)(=O)=O. The maximum Gasteiger partial charge on any atom is 0.244 e. The Morgan fingerprint density at radius 3 is 2.23 bits per heavy atom. The third-order valence-corrected chi connectivity index (χ3v) is 8.07. The lowest BCUT2D eigenvalue weighted by Crippen LogP contribution is -2.53. The van der Waals surface area contributed by atoms with Gasteiger partial charge in [0.25, 0.3) is 0 Å². The number of anilines is 1. The lowest BCUT2D eigenvalue weighted by molar-refractivity contribution is -0.140. The van der Waals surface area contributed by atoms with Crippen molar-refractivity contribution in [3.8, 4) is 0 Å². The number of nitrogens with one attached hydrogen (secondary N) is 1. The van der Waals surface area contributed by atoms with E-state index >= 15 is 0 Å². The van der Waals surface area contributed by atoms with E-state index in [1.807, 2.05) is 44.2 Å². The van der Waals surface area contributed by atoms with Crippen molar-refractivity contribution in [2.24, 2.45) is 5.92 Å². The van der Waals surface area contributed by atoms with E-state index in [2.05, 4.69) is 5.32 Å². The molecule has 1 N–H and O–H groups in total. The summed E-state index contributed by atoms with van der Waals surface area (Å²) in [6.07, 6.45) is 1.07. The van der Waals surface area contributed by atoms with Crippen LogP contribution >= 0.6 is 23.2 Å². The Balaban J connectivity index is 2.08. The topological polar surface area (TPSA) is 86.8 Å². The van der Waals surface area contributed by atoms with Crippen molar-refractivity contribution < 1.29 is 22.4 Å². The fourth-order valence-corrected chi connectivity index (χ4v) is 5.37. The summed E-state index contributed by atoms with van der Waals surface area (Å²) in [6.45, 7) is 3.29. The normalized spacial score (nSPS) is 12.2. The van der Waals surface area contributed by atoms with Crippen molar-refractivity contribution in [3.05, 3.63) is 99.8 Å². The molecular formula is C29H32Cl2FN3O4S. The fraction of sp³-hybridized carbons (Fsp3) is 0.310. The molecule has 0 bridgehead atoms. The van der Waals surface area contributed by atoms with Gasteiger partial charge in [0, 0.05) is 25.1 Å². The lowest BCUT2D eigenvalue weighted by atomic mass is 10.0. The Morgan fingerprint density at radius 1 is 0.950 bits per heavy atom. The van der Waals surface area contributed by atoms with E-state index < -0.39 is 40.2 Å². The van der Waals surface area contributed by atoms with Gasteiger partial charge in [0.05, 0.1) is 22.0 Å². The number of halogens is 3. The molecule has 0 aliphatic heterocycles. The van der Waals surface area contributed by atoms with Crippen LogP contribution in [0, 0.1) is 11.7 Å². The number of hydrogen-bond donors (Lipinski definition) is 1. The van der Waals surface area contributed by atoms with Crippen LogP contribution in [0.1, 0.15) is 25.0 Å². The quantitative estimate of drug-likeness (QED) is 0.302. The number of carbonyl (C=O) groups is 2. The third kappa shape index (κ3) is 8.43. The van der Waals surface area contributed by atoms with E-state index in [0.717, 1.165) is 16.1 Å². The number of benzene rings is 3. The second-order valence-corrected chi connectivity index (χ2v) is 12.5. The van der Waals surface area contributed by atoms with Gasteiger partial charge in [-0.15, -0.1) is 0 Å². The molecule has 0 saturated heterocycles. The minimum Gasteiger partial charge on any atom is -0.354 e. The first-order valence-corrected chi connectivity index (χ1v) is 15.2. The molecule has 11 heteroatoms. The summed E-state index contributed by atoms with van der Waals surface area (Å²) in [4.78, 5) is 28.8. The molecule has 0 saturated carbocycles. The first-order valence-electron chi connectivity index (χ1n) is 12.6. The average Bonchev–Trinajstić information content (AvgIpc) is 2.90. The monoisotopic (exact) mass is 607 g/mol. The molecule has 40 heavy (non-hydrogen) atoms. The van der Waals surface area contributed by atoms with Gasteiger partial charge in [-0.2, -0.15) is 0 Å². The van der Waals surface area contributed by atoms with Crippen LogP contribution in [0.4, 0.5) is 10.1 Å². The molecule has 0 aliphatic rings. The molecule has 0 radical (unpaired) electrons. The Hall–Kier alpha value is -3.14. The predicted molar refractivity (Wildman–Crippen MR) is 157 cm³/mol. The summed E-state index contributed by atoms with van der Waals surface area (Å²) in [6, 6.07) is 18.4. The van der Waals surface area contributed by atoms with E-state index in [-0.39, 0.29) is 40.2 Å². The fourth-order valence-electron chi connectivity index (χ4n) is 4.07. The van der Waals surface area contributed by atoms with E-state index in [1.165, 1.54) is 41.3 Å². The number of carbonyl (C=O) groups excluding carboxylic acids is 2. The highest BCUT2D eigenvalue weighted by atomic mass is 35.5. The second-order valence-electron chi connectivity index (χ2n) is 9.80. The molecule has 3 aromatic rings. The van der Waals surface area contributed by atoms with Gasteiger partial charge in [-0.05, 0) is 29.7 Å². The molecular weight excluding hydrogens is 576 g/mol. The van der Waals surface area contributed by atoms with Crippen LogP contribution in [0.15, 0.2) is 72.8 Å². The molecule has 0 unspecified atom stereocenters. The van der Waals surface area contributed by atoms with Crippen LogP contribution in [-0.4, -0.2) is 50.5 Å². The molecule has 0 heterocycles. The molecule has 2 amide bonds. The van der Waals surface area contributed by atoms with Crippen LogP contribution in [0.3, 0.4) is 0 Å². The summed E-state index contributed by atoms with van der Waals surface area (Å²) in [7, 11) is -4.03. The molecule has 3 rings (SSSR count). The highest BCUT2D eigenvalue weighted by Gasteiger charge is 2.34. The molecule has 0 aromatic heterocycles. The van der Waals surface area contributed by atoms with Crippen molar-refractivity contribution >= 4 is 50.7 Å². The Morgan fingerprint density at radius 2 is 1.60 bits per heavy atom. The highest BCUT2D eigenvalue weighted by molar-refractivity contribution is 7.92. The van der Waals surface area contributed by atoms with Gasteiger partial charge in [0.2, 0.25) is 21.8 Å². The summed E-state index contributed by atoms with van der Waals surface area (Å²) < 4.78 is 41.3. The predicted octanol–water partition coefficient (Wildman–Crippen LogP) is 5.31. The van der Waals surface area contributed by atoms with E-state index in [4.69, 9.17) is 23.2 Å². The van der Waals surface area contributed by atoms with Crippen LogP contribution in [0.5, 0.6) is 0 Å². The third-order valence-electron chi connectivity index (χ3n) is 6.13. The molecule has 214 valence electrons. The summed E-state index contributed by atoms with van der Waals surface area (Å²) in [5.41, 5.74) is 0.966. The molecule has 0 aliphatic carbocycles. The van der Waals surface area contributed by atoms with Crippen molar-refractivity contribution in [2.75, 3.05) is 23.7 Å². The number of hydrogen-bond acceptors (Lipinski definition) is 4. The van der Waals surface area contributed by atoms with Gasteiger partial charge in [-0.3, -0.25) is 13.9 Å². The summed E-state index contributed by atoms with van der Waals surface area (Å²) >= 11 is 12.5. The number of nitrogens with zero attached hydrogens (tertiary/aromatic N) is 2. The van der Waals surface area contributed by atoms with Gasteiger partial charge in [0.1, 0.15) is 18.4 Å². The number of amides is 2. The number of sulfonamides is 1. The zero-order valence-electron chi connectivity index (χ0n) is 22.5. The van der Waals surface area contributed by atoms with Gasteiger partial charge in [-0.1, -0.05) is 91.6 Å². The van der Waals surface area contributed by atoms with Crippen LogP contribution in [0.25, 0.3) is 0 Å². The average molecular weight is 609 g/mol. The highest BCUT2D eigenvalue weighted by Crippen LogP contribution is 2.34. The van der Waals surface area contributed by atoms with E-state index in [0.29, 0.717) is 6.54 Å². The van der Waals surface area contributed by atoms with Crippen molar-refractivity contribution in [2.45, 2.75) is 32.9 Å². The Bertz CT molecular complexity index is 1440. The second kappa shape index (κ2) is 14.0. The van der Waals surface area contributed by atoms with Gasteiger partial charge in [-0.25, -0.2) is 12.8 Å². The number of rotatable bonds is 12. The van der Waals surface area contributed by atoms with Crippen molar-refractivity contribution in [3.63, 3.8) is 0 Å². The van der Waals surface area contributed by atoms with Crippen LogP contribution < -0.4 is 9.62 Å². The zero-order chi connectivity index (χ0) is 29.4. The molecule has 3 aromatic carbocycles. The summed E-state index contributed by atoms with van der Waals surface area (Å²) in [5, 5.41) is 2.94. The van der Waals surface area contributed by atoms with Gasteiger partial charge < -0.3 is 10.2 Å². The van der Waals surface area contributed by atoms with E-state index in [1.54, 1.807) is 6.07 Å². The maximum absolute atomic E-state index is 14.8. The minimum atomic E-state index is -4.03. The zero-order valence-corrected chi connectivity index (χ0v) is 24.8. The van der Waals surface area contributed by atoms with Crippen molar-refractivity contribution in [1.29, 1.82) is 0 Å². The largest absolute Gasteiger partial charge is 0.354 e. The maximum atomic E-state index is 14.8. The van der Waals surface area contributed by atoms with Crippen LogP contribution in [-0.2, 0) is 32.6 Å². The first-order chi connectivity index (χ1) is 18.9. The van der Waals surface area contributed by atoms with E-state index in [9.17, 15) is 22.4 Å².